The zero-order chi connectivity index (χ0) is 16.7. The van der Waals surface area contributed by atoms with Gasteiger partial charge in [0.1, 0.15) is 0 Å². The fourth-order valence-corrected chi connectivity index (χ4v) is 2.93. The predicted octanol–water partition coefficient (Wildman–Crippen LogP) is 1.74. The highest BCUT2D eigenvalue weighted by atomic mass is 35.5. The van der Waals surface area contributed by atoms with Crippen LogP contribution in [-0.4, -0.2) is 44.2 Å². The van der Waals surface area contributed by atoms with Crippen molar-refractivity contribution in [1.29, 1.82) is 0 Å². The molecule has 0 radical (unpaired) electrons. The lowest BCUT2D eigenvalue weighted by atomic mass is 10.1. The lowest BCUT2D eigenvalue weighted by Crippen LogP contribution is -2.51. The summed E-state index contributed by atoms with van der Waals surface area (Å²) < 4.78 is 0. The molecule has 1 saturated heterocycles. The number of benzene rings is 1. The van der Waals surface area contributed by atoms with Crippen LogP contribution in [0.2, 0.25) is 5.02 Å². The first-order chi connectivity index (χ1) is 11.1. The Morgan fingerprint density at radius 1 is 1.30 bits per heavy atom. The molecule has 1 atom stereocenters. The maximum absolute atomic E-state index is 11.9. The Balaban J connectivity index is 1.83. The van der Waals surface area contributed by atoms with E-state index in [-0.39, 0.29) is 24.5 Å². The van der Waals surface area contributed by atoms with Crippen molar-refractivity contribution in [2.45, 2.75) is 25.8 Å². The van der Waals surface area contributed by atoms with Gasteiger partial charge in [0, 0.05) is 25.7 Å². The molecule has 126 valence electrons. The number of piperidine rings is 1. The molecule has 2 rings (SSSR count). The van der Waals surface area contributed by atoms with Crippen LogP contribution in [0.4, 0.5) is 10.5 Å². The van der Waals surface area contributed by atoms with Crippen LogP contribution in [0.15, 0.2) is 24.3 Å². The summed E-state index contributed by atoms with van der Waals surface area (Å²) in [5, 5.41) is 8.85. The zero-order valence-electron chi connectivity index (χ0n) is 13.3. The van der Waals surface area contributed by atoms with E-state index in [4.69, 9.17) is 11.6 Å². The van der Waals surface area contributed by atoms with Crippen LogP contribution in [0, 0.1) is 0 Å². The molecule has 1 aliphatic heterocycles. The molecule has 1 aromatic carbocycles. The van der Waals surface area contributed by atoms with Gasteiger partial charge in [-0.3, -0.25) is 4.79 Å². The van der Waals surface area contributed by atoms with Crippen molar-refractivity contribution in [3.05, 3.63) is 29.3 Å². The molecule has 1 fully saturated rings. The van der Waals surface area contributed by atoms with Crippen LogP contribution in [0.25, 0.3) is 0 Å². The van der Waals surface area contributed by atoms with Crippen LogP contribution >= 0.6 is 11.6 Å². The molecule has 3 amide bonds. The third kappa shape index (κ3) is 5.32. The quantitative estimate of drug-likeness (QED) is 0.765. The van der Waals surface area contributed by atoms with Crippen molar-refractivity contribution < 1.29 is 9.59 Å². The Kier molecular flexibility index (Phi) is 6.52. The van der Waals surface area contributed by atoms with E-state index < -0.39 is 0 Å². The number of nitrogens with one attached hydrogen (secondary N) is 3. The van der Waals surface area contributed by atoms with Gasteiger partial charge in [0.05, 0.1) is 17.3 Å². The largest absolute Gasteiger partial charge is 0.368 e. The molecule has 0 bridgehead atoms. The van der Waals surface area contributed by atoms with Crippen molar-refractivity contribution >= 4 is 29.2 Å². The monoisotopic (exact) mass is 338 g/mol. The van der Waals surface area contributed by atoms with Crippen LogP contribution in [-0.2, 0) is 4.79 Å². The number of likely N-dealkylation sites (N-methyl/N-ethyl adjacent to an activating group) is 1. The SMILES string of the molecule is CCNC(=O)CNC(=O)NC1CCCN(c2ccccc2Cl)C1. The van der Waals surface area contributed by atoms with Crippen molar-refractivity contribution in [2.75, 3.05) is 31.1 Å². The zero-order valence-corrected chi connectivity index (χ0v) is 14.0. The lowest BCUT2D eigenvalue weighted by molar-refractivity contribution is -0.119. The lowest BCUT2D eigenvalue weighted by Gasteiger charge is -2.35. The van der Waals surface area contributed by atoms with Crippen molar-refractivity contribution in [1.82, 2.24) is 16.0 Å². The van der Waals surface area contributed by atoms with E-state index in [0.29, 0.717) is 18.1 Å². The Labute approximate surface area is 141 Å². The number of hydrogen-bond donors (Lipinski definition) is 3. The number of halogens is 1. The Hall–Kier alpha value is -1.95. The summed E-state index contributed by atoms with van der Waals surface area (Å²) in [6.45, 7) is 4.00. The fourth-order valence-electron chi connectivity index (χ4n) is 2.68. The highest BCUT2D eigenvalue weighted by molar-refractivity contribution is 6.33. The summed E-state index contributed by atoms with van der Waals surface area (Å²) in [5.41, 5.74) is 0.989. The summed E-state index contributed by atoms with van der Waals surface area (Å²) in [6, 6.07) is 7.43. The Morgan fingerprint density at radius 3 is 2.83 bits per heavy atom. The van der Waals surface area contributed by atoms with Crippen molar-refractivity contribution in [3.8, 4) is 0 Å². The van der Waals surface area contributed by atoms with Gasteiger partial charge in [0.25, 0.3) is 0 Å². The minimum absolute atomic E-state index is 0.0133. The van der Waals surface area contributed by atoms with Crippen LogP contribution in [0.3, 0.4) is 0 Å². The molecule has 1 aliphatic rings. The van der Waals surface area contributed by atoms with Gasteiger partial charge in [-0.15, -0.1) is 0 Å². The van der Waals surface area contributed by atoms with Gasteiger partial charge in [-0.25, -0.2) is 4.79 Å². The van der Waals surface area contributed by atoms with Gasteiger partial charge >= 0.3 is 6.03 Å². The fraction of sp³-hybridized carbons (Fsp3) is 0.500. The standard InChI is InChI=1S/C16H23ClN4O2/c1-2-18-15(22)10-19-16(23)20-12-6-5-9-21(11-12)14-8-4-3-7-13(14)17/h3-4,7-8,12H,2,5-6,9-11H2,1H3,(H,18,22)(H2,19,20,23). The molecule has 6 nitrogen and oxygen atoms in total. The topological polar surface area (TPSA) is 73.5 Å². The predicted molar refractivity (Wildman–Crippen MR) is 91.9 cm³/mol. The first kappa shape index (κ1) is 17.4. The summed E-state index contributed by atoms with van der Waals surface area (Å²) >= 11 is 6.24. The third-order valence-electron chi connectivity index (χ3n) is 3.73. The Morgan fingerprint density at radius 2 is 2.09 bits per heavy atom. The average molecular weight is 339 g/mol. The molecule has 0 spiro atoms. The van der Waals surface area contributed by atoms with Crippen LogP contribution < -0.4 is 20.9 Å². The molecule has 1 unspecified atom stereocenters. The number of rotatable bonds is 5. The van der Waals surface area contributed by atoms with Crippen LogP contribution in [0.1, 0.15) is 19.8 Å². The maximum atomic E-state index is 11.9. The maximum Gasteiger partial charge on any atom is 0.315 e. The van der Waals surface area contributed by atoms with Gasteiger partial charge in [-0.2, -0.15) is 0 Å². The number of amides is 3. The highest BCUT2D eigenvalue weighted by Crippen LogP contribution is 2.27. The van der Waals surface area contributed by atoms with Crippen molar-refractivity contribution in [3.63, 3.8) is 0 Å². The van der Waals surface area contributed by atoms with E-state index in [2.05, 4.69) is 20.9 Å². The van der Waals surface area contributed by atoms with E-state index in [9.17, 15) is 9.59 Å². The number of hydrogen-bond acceptors (Lipinski definition) is 3. The molecular weight excluding hydrogens is 316 g/mol. The number of anilines is 1. The number of para-hydroxylation sites is 1. The summed E-state index contributed by atoms with van der Waals surface area (Å²) in [6.07, 6.45) is 1.89. The molecular formula is C16H23ClN4O2. The Bertz CT molecular complexity index is 553. The van der Waals surface area contributed by atoms with E-state index in [1.165, 1.54) is 0 Å². The number of nitrogens with zero attached hydrogens (tertiary/aromatic N) is 1. The van der Waals surface area contributed by atoms with Crippen molar-refractivity contribution in [2.24, 2.45) is 0 Å². The number of urea groups is 1. The smallest absolute Gasteiger partial charge is 0.315 e. The molecule has 23 heavy (non-hydrogen) atoms. The first-order valence-electron chi connectivity index (χ1n) is 7.90. The van der Waals surface area contributed by atoms with Crippen LogP contribution in [0.5, 0.6) is 0 Å². The minimum Gasteiger partial charge on any atom is -0.368 e. The first-order valence-corrected chi connectivity index (χ1v) is 8.28. The number of carbonyl (C=O) groups excluding carboxylic acids is 2. The average Bonchev–Trinajstić information content (AvgIpc) is 2.54. The number of carbonyl (C=O) groups is 2. The second-order valence-electron chi connectivity index (χ2n) is 5.52. The third-order valence-corrected chi connectivity index (χ3v) is 4.05. The van der Waals surface area contributed by atoms with Gasteiger partial charge in [0.15, 0.2) is 0 Å². The summed E-state index contributed by atoms with van der Waals surface area (Å²) in [4.78, 5) is 25.4. The minimum atomic E-state index is -0.317. The summed E-state index contributed by atoms with van der Waals surface area (Å²) in [5.74, 6) is -0.191. The van der Waals surface area contributed by atoms with Gasteiger partial charge in [-0.1, -0.05) is 23.7 Å². The molecule has 1 heterocycles. The molecule has 0 saturated carbocycles. The summed E-state index contributed by atoms with van der Waals surface area (Å²) in [7, 11) is 0. The second-order valence-corrected chi connectivity index (χ2v) is 5.92. The molecule has 1 aromatic rings. The molecule has 3 N–H and O–H groups in total. The van der Waals surface area contributed by atoms with E-state index in [0.717, 1.165) is 25.1 Å². The van der Waals surface area contributed by atoms with E-state index in [1.54, 1.807) is 0 Å². The van der Waals surface area contributed by atoms with Gasteiger partial charge in [-0.05, 0) is 31.9 Å². The van der Waals surface area contributed by atoms with E-state index in [1.807, 2.05) is 31.2 Å². The molecule has 0 aromatic heterocycles. The highest BCUT2D eigenvalue weighted by Gasteiger charge is 2.22. The van der Waals surface area contributed by atoms with Gasteiger partial charge < -0.3 is 20.9 Å². The van der Waals surface area contributed by atoms with E-state index >= 15 is 0 Å². The molecule has 7 heteroatoms. The molecule has 0 aliphatic carbocycles. The second kappa shape index (κ2) is 8.62. The van der Waals surface area contributed by atoms with Gasteiger partial charge in [0.2, 0.25) is 5.91 Å². The normalized spacial score (nSPS) is 17.5.